The van der Waals surface area contributed by atoms with Crippen molar-refractivity contribution in [3.05, 3.63) is 52.5 Å². The predicted octanol–water partition coefficient (Wildman–Crippen LogP) is 2.76. The Kier molecular flexibility index (Phi) is 2.52. The Hall–Kier alpha value is -2.69. The van der Waals surface area contributed by atoms with E-state index < -0.39 is 5.76 Å². The van der Waals surface area contributed by atoms with Gasteiger partial charge in [0, 0.05) is 11.8 Å². The van der Waals surface area contributed by atoms with Gasteiger partial charge in [-0.15, -0.1) is 0 Å². The van der Waals surface area contributed by atoms with Gasteiger partial charge in [-0.2, -0.15) is 0 Å². The van der Waals surface area contributed by atoms with Crippen LogP contribution in [0, 0.1) is 6.92 Å². The summed E-state index contributed by atoms with van der Waals surface area (Å²) in [5, 5.41) is 3.21. The fraction of sp³-hybridized carbons (Fsp3) is 0.0714. The smallest absolute Gasteiger partial charge is 0.408 e. The summed E-state index contributed by atoms with van der Waals surface area (Å²) in [6.07, 6.45) is 0. The second-order valence-corrected chi connectivity index (χ2v) is 4.44. The first-order chi connectivity index (χ1) is 9.11. The van der Waals surface area contributed by atoms with Crippen LogP contribution in [-0.4, -0.2) is 4.98 Å². The van der Waals surface area contributed by atoms with Gasteiger partial charge in [-0.05, 0) is 36.8 Å². The van der Waals surface area contributed by atoms with Gasteiger partial charge in [0.2, 0.25) is 0 Å². The Labute approximate surface area is 109 Å². The minimum atomic E-state index is -0.456. The number of rotatable bonds is 2. The molecule has 4 N–H and O–H groups in total. The molecule has 0 amide bonds. The number of oxazole rings is 1. The zero-order chi connectivity index (χ0) is 13.4. The molecule has 0 saturated carbocycles. The van der Waals surface area contributed by atoms with Crippen LogP contribution in [0.5, 0.6) is 0 Å². The number of aromatic nitrogens is 1. The average Bonchev–Trinajstić information content (AvgIpc) is 2.73. The van der Waals surface area contributed by atoms with E-state index in [1.165, 1.54) is 0 Å². The topological polar surface area (TPSA) is 84.0 Å². The summed E-state index contributed by atoms with van der Waals surface area (Å²) in [6.45, 7) is 2.00. The normalized spacial score (nSPS) is 10.8. The van der Waals surface area contributed by atoms with E-state index in [0.29, 0.717) is 16.8 Å². The van der Waals surface area contributed by atoms with E-state index in [0.717, 1.165) is 16.9 Å². The van der Waals surface area contributed by atoms with Crippen LogP contribution in [-0.2, 0) is 0 Å². The Morgan fingerprint density at radius 3 is 2.89 bits per heavy atom. The van der Waals surface area contributed by atoms with Crippen LogP contribution in [0.2, 0.25) is 0 Å². The molecule has 0 saturated heterocycles. The van der Waals surface area contributed by atoms with Gasteiger partial charge in [-0.3, -0.25) is 4.98 Å². The van der Waals surface area contributed by atoms with Crippen molar-refractivity contribution < 1.29 is 4.42 Å². The summed E-state index contributed by atoms with van der Waals surface area (Å²) in [4.78, 5) is 13.7. The highest BCUT2D eigenvalue weighted by molar-refractivity contribution is 5.80. The van der Waals surface area contributed by atoms with E-state index in [2.05, 4.69) is 10.3 Å². The van der Waals surface area contributed by atoms with Crippen molar-refractivity contribution in [3.8, 4) is 0 Å². The lowest BCUT2D eigenvalue weighted by Crippen LogP contribution is -1.96. The van der Waals surface area contributed by atoms with Crippen molar-refractivity contribution in [2.45, 2.75) is 6.92 Å². The molecule has 3 rings (SSSR count). The predicted molar refractivity (Wildman–Crippen MR) is 75.7 cm³/mol. The van der Waals surface area contributed by atoms with E-state index in [1.807, 2.05) is 31.2 Å². The van der Waals surface area contributed by atoms with E-state index in [1.54, 1.807) is 12.1 Å². The zero-order valence-electron chi connectivity index (χ0n) is 10.4. The van der Waals surface area contributed by atoms with Gasteiger partial charge in [0.15, 0.2) is 5.58 Å². The van der Waals surface area contributed by atoms with Crippen molar-refractivity contribution in [2.24, 2.45) is 0 Å². The molecule has 1 heterocycles. The number of nitrogen functional groups attached to an aromatic ring is 1. The lowest BCUT2D eigenvalue weighted by molar-refractivity contribution is 0.555. The van der Waals surface area contributed by atoms with Gasteiger partial charge >= 0.3 is 5.76 Å². The summed E-state index contributed by atoms with van der Waals surface area (Å²) in [5.74, 6) is -0.456. The lowest BCUT2D eigenvalue weighted by Gasteiger charge is -2.10. The Bertz CT molecular complexity index is 802. The third kappa shape index (κ3) is 2.18. The van der Waals surface area contributed by atoms with Gasteiger partial charge in [-0.1, -0.05) is 6.07 Å². The second kappa shape index (κ2) is 4.20. The number of aryl methyl sites for hydroxylation is 1. The maximum atomic E-state index is 11.1. The number of fused-ring (bicyclic) bond motifs is 1. The molecule has 0 spiro atoms. The van der Waals surface area contributed by atoms with E-state index in [9.17, 15) is 4.79 Å². The molecule has 1 aromatic heterocycles. The molecular formula is C14H13N3O2. The van der Waals surface area contributed by atoms with Crippen LogP contribution in [0.25, 0.3) is 11.1 Å². The molecular weight excluding hydrogens is 242 g/mol. The van der Waals surface area contributed by atoms with Gasteiger partial charge in [0.05, 0.1) is 16.9 Å². The van der Waals surface area contributed by atoms with Crippen molar-refractivity contribution in [3.63, 3.8) is 0 Å². The minimum absolute atomic E-state index is 0.456. The molecule has 0 aliphatic rings. The molecule has 0 fully saturated rings. The van der Waals surface area contributed by atoms with Crippen molar-refractivity contribution in [2.75, 3.05) is 11.1 Å². The van der Waals surface area contributed by atoms with Crippen LogP contribution in [0.1, 0.15) is 5.56 Å². The molecule has 5 nitrogen and oxygen atoms in total. The van der Waals surface area contributed by atoms with E-state index in [4.69, 9.17) is 10.2 Å². The molecule has 0 aliphatic heterocycles. The van der Waals surface area contributed by atoms with E-state index in [-0.39, 0.29) is 0 Å². The summed E-state index contributed by atoms with van der Waals surface area (Å²) < 4.78 is 5.02. The molecule has 19 heavy (non-hydrogen) atoms. The number of hydrogen-bond acceptors (Lipinski definition) is 4. The Balaban J connectivity index is 2.00. The maximum absolute atomic E-state index is 11.1. The molecule has 0 bridgehead atoms. The molecule has 0 aliphatic carbocycles. The highest BCUT2D eigenvalue weighted by atomic mass is 16.4. The van der Waals surface area contributed by atoms with Crippen molar-refractivity contribution in [1.29, 1.82) is 0 Å². The Morgan fingerprint density at radius 1 is 1.21 bits per heavy atom. The highest BCUT2D eigenvalue weighted by Crippen LogP contribution is 2.25. The van der Waals surface area contributed by atoms with Crippen LogP contribution in [0.15, 0.2) is 45.6 Å². The number of nitrogens with one attached hydrogen (secondary N) is 2. The summed E-state index contributed by atoms with van der Waals surface area (Å²) in [7, 11) is 0. The molecule has 5 heteroatoms. The largest absolute Gasteiger partial charge is 0.417 e. The standard InChI is InChI=1S/C14H13N3O2/c1-8-2-4-10(15)12(6-8)16-9-3-5-11-13(7-9)19-14(18)17-11/h2-7,16H,15H2,1H3,(H,17,18). The zero-order valence-corrected chi connectivity index (χ0v) is 10.4. The summed E-state index contributed by atoms with van der Waals surface area (Å²) in [6, 6.07) is 11.2. The van der Waals surface area contributed by atoms with Gasteiger partial charge in [0.1, 0.15) is 0 Å². The fourth-order valence-corrected chi connectivity index (χ4v) is 1.96. The van der Waals surface area contributed by atoms with Crippen LogP contribution in [0.3, 0.4) is 0 Å². The van der Waals surface area contributed by atoms with Crippen LogP contribution < -0.4 is 16.8 Å². The fourth-order valence-electron chi connectivity index (χ4n) is 1.96. The molecule has 0 unspecified atom stereocenters. The first-order valence-corrected chi connectivity index (χ1v) is 5.88. The van der Waals surface area contributed by atoms with Crippen LogP contribution >= 0.6 is 0 Å². The van der Waals surface area contributed by atoms with Crippen molar-refractivity contribution >= 4 is 28.2 Å². The number of nitrogens with two attached hydrogens (primary N) is 1. The molecule has 0 radical (unpaired) electrons. The molecule has 0 atom stereocenters. The monoisotopic (exact) mass is 255 g/mol. The minimum Gasteiger partial charge on any atom is -0.408 e. The third-order valence-corrected chi connectivity index (χ3v) is 2.91. The van der Waals surface area contributed by atoms with Gasteiger partial charge in [0.25, 0.3) is 0 Å². The number of benzene rings is 2. The number of aromatic amines is 1. The second-order valence-electron chi connectivity index (χ2n) is 4.44. The number of anilines is 3. The SMILES string of the molecule is Cc1ccc(N)c(Nc2ccc3[nH]c(=O)oc3c2)c1. The number of hydrogen-bond donors (Lipinski definition) is 3. The summed E-state index contributed by atoms with van der Waals surface area (Å²) >= 11 is 0. The van der Waals surface area contributed by atoms with Gasteiger partial charge in [-0.25, -0.2) is 4.79 Å². The maximum Gasteiger partial charge on any atom is 0.417 e. The van der Waals surface area contributed by atoms with Crippen molar-refractivity contribution in [1.82, 2.24) is 4.98 Å². The molecule has 96 valence electrons. The quantitative estimate of drug-likeness (QED) is 0.615. The lowest BCUT2D eigenvalue weighted by atomic mass is 10.2. The molecule has 2 aromatic carbocycles. The number of H-pyrrole nitrogens is 1. The first-order valence-electron chi connectivity index (χ1n) is 5.88. The third-order valence-electron chi connectivity index (χ3n) is 2.91. The van der Waals surface area contributed by atoms with E-state index >= 15 is 0 Å². The highest BCUT2D eigenvalue weighted by Gasteiger charge is 2.04. The van der Waals surface area contributed by atoms with Gasteiger partial charge < -0.3 is 15.5 Å². The Morgan fingerprint density at radius 2 is 2.05 bits per heavy atom. The summed E-state index contributed by atoms with van der Waals surface area (Å²) in [5.41, 5.74) is 10.5. The van der Waals surface area contributed by atoms with Crippen LogP contribution in [0.4, 0.5) is 17.1 Å². The average molecular weight is 255 g/mol. The molecule has 3 aromatic rings. The first kappa shape index (κ1) is 11.4.